The van der Waals surface area contributed by atoms with Gasteiger partial charge in [-0.2, -0.15) is 11.8 Å². The van der Waals surface area contributed by atoms with E-state index in [9.17, 15) is 4.79 Å². The Morgan fingerprint density at radius 1 is 1.11 bits per heavy atom. The number of rotatable bonds is 2. The second-order valence-corrected chi connectivity index (χ2v) is 5.59. The smallest absolute Gasteiger partial charge is 0.244 e. The molecule has 0 aliphatic carbocycles. The van der Waals surface area contributed by atoms with Crippen LogP contribution in [0.2, 0.25) is 0 Å². The predicted molar refractivity (Wildman–Crippen MR) is 86.6 cm³/mol. The number of likely N-dealkylation sites (tertiary alicyclic amines) is 1. The fourth-order valence-corrected chi connectivity index (χ4v) is 3.01. The Morgan fingerprint density at radius 2 is 1.72 bits per heavy atom. The lowest BCUT2D eigenvalue weighted by molar-refractivity contribution is -0.128. The highest BCUT2D eigenvalue weighted by molar-refractivity contribution is 14.0. The van der Waals surface area contributed by atoms with Gasteiger partial charge in [-0.3, -0.25) is 4.79 Å². The summed E-state index contributed by atoms with van der Waals surface area (Å²) in [6.45, 7) is 3.86. The molecule has 0 aromatic rings. The van der Waals surface area contributed by atoms with E-state index in [-0.39, 0.29) is 36.4 Å². The molecule has 1 amide bonds. The molecule has 0 spiro atoms. The first kappa shape index (κ1) is 15.9. The van der Waals surface area contributed by atoms with Gasteiger partial charge in [-0.05, 0) is 12.8 Å². The van der Waals surface area contributed by atoms with Gasteiger partial charge in [0, 0.05) is 37.7 Å². The van der Waals surface area contributed by atoms with Crippen molar-refractivity contribution in [2.45, 2.75) is 12.8 Å². The topological polar surface area (TPSA) is 61.9 Å². The Balaban J connectivity index is 0.00000162. The predicted octanol–water partition coefficient (Wildman–Crippen LogP) is 0.590. The van der Waals surface area contributed by atoms with E-state index >= 15 is 0 Å². The number of nitrogens with zero attached hydrogens (tertiary/aromatic N) is 3. The van der Waals surface area contributed by atoms with E-state index in [2.05, 4.69) is 9.89 Å². The molecule has 7 heteroatoms. The van der Waals surface area contributed by atoms with Crippen LogP contribution >= 0.6 is 35.7 Å². The third-order valence-corrected chi connectivity index (χ3v) is 4.11. The normalized spacial score (nSPS) is 20.8. The summed E-state index contributed by atoms with van der Waals surface area (Å²) in [6.07, 6.45) is 2.24. The fraction of sp³-hybridized carbons (Fsp3) is 0.818. The number of aliphatic imine (C=N–C) groups is 1. The van der Waals surface area contributed by atoms with Crippen molar-refractivity contribution in [2.75, 3.05) is 44.2 Å². The highest BCUT2D eigenvalue weighted by Gasteiger charge is 2.18. The van der Waals surface area contributed by atoms with Gasteiger partial charge in [0.05, 0.1) is 0 Å². The molecule has 0 aromatic carbocycles. The van der Waals surface area contributed by atoms with Crippen LogP contribution in [0.1, 0.15) is 12.8 Å². The van der Waals surface area contributed by atoms with Crippen LogP contribution in [0.5, 0.6) is 0 Å². The summed E-state index contributed by atoms with van der Waals surface area (Å²) in [5.41, 5.74) is 5.89. The van der Waals surface area contributed by atoms with Crippen molar-refractivity contribution in [2.24, 2.45) is 10.7 Å². The van der Waals surface area contributed by atoms with Gasteiger partial charge in [0.2, 0.25) is 5.91 Å². The van der Waals surface area contributed by atoms with Crippen molar-refractivity contribution in [1.29, 1.82) is 0 Å². The summed E-state index contributed by atoms with van der Waals surface area (Å²) < 4.78 is 0. The first-order chi connectivity index (χ1) is 8.27. The minimum atomic E-state index is 0. The largest absolute Gasteiger partial charge is 0.370 e. The van der Waals surface area contributed by atoms with Crippen molar-refractivity contribution in [3.63, 3.8) is 0 Å². The van der Waals surface area contributed by atoms with Gasteiger partial charge >= 0.3 is 0 Å². The van der Waals surface area contributed by atoms with E-state index in [0.717, 1.165) is 50.5 Å². The number of hydrogen-bond donors (Lipinski definition) is 1. The molecule has 5 nitrogen and oxygen atoms in total. The van der Waals surface area contributed by atoms with Crippen LogP contribution in [-0.4, -0.2) is 65.9 Å². The Labute approximate surface area is 130 Å². The minimum Gasteiger partial charge on any atom is -0.370 e. The van der Waals surface area contributed by atoms with Gasteiger partial charge < -0.3 is 15.5 Å². The molecule has 2 rings (SSSR count). The van der Waals surface area contributed by atoms with Gasteiger partial charge in [0.15, 0.2) is 5.96 Å². The molecule has 0 saturated carbocycles. The summed E-state index contributed by atoms with van der Waals surface area (Å²) in [4.78, 5) is 19.9. The van der Waals surface area contributed by atoms with E-state index in [4.69, 9.17) is 5.73 Å². The van der Waals surface area contributed by atoms with E-state index < -0.39 is 0 Å². The lowest BCUT2D eigenvalue weighted by Gasteiger charge is -2.27. The molecule has 2 saturated heterocycles. The third-order valence-electron chi connectivity index (χ3n) is 3.17. The summed E-state index contributed by atoms with van der Waals surface area (Å²) in [5.74, 6) is 2.82. The fourth-order valence-electron chi connectivity index (χ4n) is 2.11. The Kier molecular flexibility index (Phi) is 7.13. The van der Waals surface area contributed by atoms with E-state index in [0.29, 0.717) is 5.96 Å². The van der Waals surface area contributed by atoms with Crippen LogP contribution in [0, 0.1) is 0 Å². The number of halogens is 1. The van der Waals surface area contributed by atoms with E-state index in [1.807, 2.05) is 16.7 Å². The number of amides is 1. The van der Waals surface area contributed by atoms with Crippen LogP contribution in [0.3, 0.4) is 0 Å². The first-order valence-corrected chi connectivity index (χ1v) is 7.33. The van der Waals surface area contributed by atoms with Crippen molar-refractivity contribution in [3.05, 3.63) is 0 Å². The monoisotopic (exact) mass is 384 g/mol. The average molecular weight is 384 g/mol. The molecule has 104 valence electrons. The number of thioether (sulfide) groups is 1. The van der Waals surface area contributed by atoms with Gasteiger partial charge in [-0.15, -0.1) is 24.0 Å². The summed E-state index contributed by atoms with van der Waals surface area (Å²) in [7, 11) is 0. The minimum absolute atomic E-state index is 0. The van der Waals surface area contributed by atoms with Gasteiger partial charge in [-0.1, -0.05) is 0 Å². The van der Waals surface area contributed by atoms with Crippen LogP contribution < -0.4 is 5.73 Å². The molecule has 0 unspecified atom stereocenters. The lowest BCUT2D eigenvalue weighted by Crippen LogP contribution is -2.43. The number of hydrogen-bond acceptors (Lipinski definition) is 3. The molecular formula is C11H21IN4OS. The van der Waals surface area contributed by atoms with Crippen LogP contribution in [0.4, 0.5) is 0 Å². The molecule has 0 atom stereocenters. The molecule has 2 N–H and O–H groups in total. The molecule has 18 heavy (non-hydrogen) atoms. The van der Waals surface area contributed by atoms with Crippen molar-refractivity contribution in [3.8, 4) is 0 Å². The molecule has 2 aliphatic rings. The molecule has 0 aromatic heterocycles. The number of guanidine groups is 1. The second-order valence-electron chi connectivity index (χ2n) is 4.36. The number of carbonyl (C=O) groups excluding carboxylic acids is 1. The van der Waals surface area contributed by atoms with Crippen LogP contribution in [-0.2, 0) is 4.79 Å². The molecule has 0 bridgehead atoms. The third kappa shape index (κ3) is 4.49. The highest BCUT2D eigenvalue weighted by atomic mass is 127. The maximum Gasteiger partial charge on any atom is 0.244 e. The quantitative estimate of drug-likeness (QED) is 0.430. The molecular weight excluding hydrogens is 363 g/mol. The van der Waals surface area contributed by atoms with Crippen molar-refractivity contribution in [1.82, 2.24) is 9.80 Å². The standard InChI is InChI=1S/C11H20N4OS.HI/c12-11(15-5-7-17-8-6-15)13-9-10(16)14-3-1-2-4-14;/h1-9H2,(H2,12,13);1H. The summed E-state index contributed by atoms with van der Waals surface area (Å²) in [6, 6.07) is 0. The van der Waals surface area contributed by atoms with E-state index in [1.165, 1.54) is 0 Å². The van der Waals surface area contributed by atoms with Gasteiger partial charge in [0.1, 0.15) is 6.54 Å². The maximum absolute atomic E-state index is 11.8. The summed E-state index contributed by atoms with van der Waals surface area (Å²) in [5, 5.41) is 0. The van der Waals surface area contributed by atoms with Crippen LogP contribution in [0.25, 0.3) is 0 Å². The lowest BCUT2D eigenvalue weighted by atomic mass is 10.4. The average Bonchev–Trinajstić information content (AvgIpc) is 2.90. The van der Waals surface area contributed by atoms with Crippen LogP contribution in [0.15, 0.2) is 4.99 Å². The highest BCUT2D eigenvalue weighted by Crippen LogP contribution is 2.09. The van der Waals surface area contributed by atoms with Gasteiger partial charge in [0.25, 0.3) is 0 Å². The molecule has 0 radical (unpaired) electrons. The Bertz CT molecular complexity index is 301. The zero-order valence-electron chi connectivity index (χ0n) is 10.5. The molecule has 2 aliphatic heterocycles. The van der Waals surface area contributed by atoms with Gasteiger partial charge in [-0.25, -0.2) is 4.99 Å². The number of nitrogens with two attached hydrogens (primary N) is 1. The summed E-state index contributed by atoms with van der Waals surface area (Å²) >= 11 is 1.93. The Morgan fingerprint density at radius 3 is 2.33 bits per heavy atom. The maximum atomic E-state index is 11.8. The first-order valence-electron chi connectivity index (χ1n) is 6.18. The zero-order valence-corrected chi connectivity index (χ0v) is 13.7. The van der Waals surface area contributed by atoms with Crippen molar-refractivity contribution < 1.29 is 4.79 Å². The molecule has 2 heterocycles. The van der Waals surface area contributed by atoms with Crippen molar-refractivity contribution >= 4 is 47.6 Å². The zero-order chi connectivity index (χ0) is 12.1. The van der Waals surface area contributed by atoms with E-state index in [1.54, 1.807) is 0 Å². The number of carbonyl (C=O) groups is 1. The second kappa shape index (κ2) is 8.08. The Hall–Kier alpha value is -0.180. The SMILES string of the molecule is I.NC(=NCC(=O)N1CCCC1)N1CCSCC1. The molecule has 2 fully saturated rings.